The SMILES string of the molecule is CCCC(C)CNCC1(O)CCCCCC1. The van der Waals surface area contributed by atoms with Gasteiger partial charge in [-0.2, -0.15) is 0 Å². The molecule has 2 nitrogen and oxygen atoms in total. The van der Waals surface area contributed by atoms with Crippen LogP contribution in [0.5, 0.6) is 0 Å². The second kappa shape index (κ2) is 7.29. The molecule has 0 spiro atoms. The lowest BCUT2D eigenvalue weighted by Crippen LogP contribution is -2.41. The maximum atomic E-state index is 10.4. The quantitative estimate of drug-likeness (QED) is 0.683. The third-order valence-corrected chi connectivity index (χ3v) is 3.76. The van der Waals surface area contributed by atoms with Crippen LogP contribution in [0.2, 0.25) is 0 Å². The number of hydrogen-bond acceptors (Lipinski definition) is 2. The van der Waals surface area contributed by atoms with E-state index in [1.807, 2.05) is 0 Å². The molecule has 0 aromatic carbocycles. The molecule has 1 rings (SSSR count). The van der Waals surface area contributed by atoms with Crippen molar-refractivity contribution in [2.75, 3.05) is 13.1 Å². The van der Waals surface area contributed by atoms with Crippen LogP contribution in [0.4, 0.5) is 0 Å². The molecular formula is C14H29NO. The molecule has 0 aromatic rings. The van der Waals surface area contributed by atoms with Gasteiger partial charge in [-0.1, -0.05) is 46.0 Å². The first-order valence-corrected chi connectivity index (χ1v) is 7.09. The van der Waals surface area contributed by atoms with Crippen molar-refractivity contribution >= 4 is 0 Å². The van der Waals surface area contributed by atoms with E-state index in [2.05, 4.69) is 19.2 Å². The van der Waals surface area contributed by atoms with Crippen molar-refractivity contribution in [3.05, 3.63) is 0 Å². The van der Waals surface area contributed by atoms with Crippen LogP contribution in [0.3, 0.4) is 0 Å². The minimum absolute atomic E-state index is 0.414. The van der Waals surface area contributed by atoms with Crippen LogP contribution in [0.25, 0.3) is 0 Å². The van der Waals surface area contributed by atoms with E-state index < -0.39 is 5.60 Å². The third kappa shape index (κ3) is 5.31. The van der Waals surface area contributed by atoms with Gasteiger partial charge in [0.05, 0.1) is 5.60 Å². The van der Waals surface area contributed by atoms with Gasteiger partial charge in [-0.25, -0.2) is 0 Å². The number of aliphatic hydroxyl groups is 1. The van der Waals surface area contributed by atoms with Crippen molar-refractivity contribution < 1.29 is 5.11 Å². The van der Waals surface area contributed by atoms with Crippen LogP contribution in [0.15, 0.2) is 0 Å². The maximum absolute atomic E-state index is 10.4. The molecule has 1 aliphatic carbocycles. The molecule has 0 heterocycles. The molecule has 2 heteroatoms. The van der Waals surface area contributed by atoms with Crippen LogP contribution < -0.4 is 5.32 Å². The Balaban J connectivity index is 2.19. The standard InChI is InChI=1S/C14H29NO/c1-3-8-13(2)11-15-12-14(16)9-6-4-5-7-10-14/h13,15-16H,3-12H2,1-2H3. The average Bonchev–Trinajstić information content (AvgIpc) is 2.44. The highest BCUT2D eigenvalue weighted by Gasteiger charge is 2.27. The Bertz CT molecular complexity index is 174. The summed E-state index contributed by atoms with van der Waals surface area (Å²) in [6.07, 6.45) is 9.51. The fourth-order valence-corrected chi connectivity index (χ4v) is 2.71. The smallest absolute Gasteiger partial charge is 0.0771 e. The predicted octanol–water partition coefficient (Wildman–Crippen LogP) is 3.10. The molecule has 2 N–H and O–H groups in total. The first-order valence-electron chi connectivity index (χ1n) is 7.09. The molecular weight excluding hydrogens is 198 g/mol. The Morgan fingerprint density at radius 1 is 1.19 bits per heavy atom. The molecule has 0 radical (unpaired) electrons. The van der Waals surface area contributed by atoms with Gasteiger partial charge in [0, 0.05) is 6.54 Å². The van der Waals surface area contributed by atoms with Crippen molar-refractivity contribution in [2.45, 2.75) is 70.8 Å². The summed E-state index contributed by atoms with van der Waals surface area (Å²) in [5, 5.41) is 13.9. The molecule has 0 amide bonds. The maximum Gasteiger partial charge on any atom is 0.0771 e. The van der Waals surface area contributed by atoms with Gasteiger partial charge in [-0.15, -0.1) is 0 Å². The molecule has 1 atom stereocenters. The Morgan fingerprint density at radius 2 is 1.81 bits per heavy atom. The Labute approximate surface area is 101 Å². The number of rotatable bonds is 6. The van der Waals surface area contributed by atoms with E-state index in [4.69, 9.17) is 0 Å². The molecule has 96 valence electrons. The zero-order valence-corrected chi connectivity index (χ0v) is 11.1. The first-order chi connectivity index (χ1) is 7.66. The van der Waals surface area contributed by atoms with Crippen LogP contribution in [-0.4, -0.2) is 23.8 Å². The van der Waals surface area contributed by atoms with Gasteiger partial charge in [0.2, 0.25) is 0 Å². The average molecular weight is 227 g/mol. The van der Waals surface area contributed by atoms with E-state index in [1.165, 1.54) is 38.5 Å². The van der Waals surface area contributed by atoms with Crippen LogP contribution in [0.1, 0.15) is 65.2 Å². The van der Waals surface area contributed by atoms with Crippen molar-refractivity contribution in [2.24, 2.45) is 5.92 Å². The Hall–Kier alpha value is -0.0800. The summed E-state index contributed by atoms with van der Waals surface area (Å²) in [4.78, 5) is 0. The summed E-state index contributed by atoms with van der Waals surface area (Å²) in [6, 6.07) is 0. The third-order valence-electron chi connectivity index (χ3n) is 3.76. The fraction of sp³-hybridized carbons (Fsp3) is 1.00. The summed E-state index contributed by atoms with van der Waals surface area (Å²) in [5.41, 5.74) is -0.414. The molecule has 16 heavy (non-hydrogen) atoms. The van der Waals surface area contributed by atoms with E-state index in [1.54, 1.807) is 0 Å². The summed E-state index contributed by atoms with van der Waals surface area (Å²) in [5.74, 6) is 0.736. The van der Waals surface area contributed by atoms with Gasteiger partial charge in [-0.05, 0) is 31.7 Å². The molecule has 0 aromatic heterocycles. The van der Waals surface area contributed by atoms with Crippen LogP contribution >= 0.6 is 0 Å². The first kappa shape index (κ1) is 14.0. The van der Waals surface area contributed by atoms with Gasteiger partial charge >= 0.3 is 0 Å². The van der Waals surface area contributed by atoms with Gasteiger partial charge in [0.15, 0.2) is 0 Å². The predicted molar refractivity (Wildman–Crippen MR) is 69.6 cm³/mol. The number of nitrogens with one attached hydrogen (secondary N) is 1. The molecule has 0 aliphatic heterocycles. The van der Waals surface area contributed by atoms with E-state index in [9.17, 15) is 5.11 Å². The highest BCUT2D eigenvalue weighted by atomic mass is 16.3. The van der Waals surface area contributed by atoms with E-state index in [0.29, 0.717) is 0 Å². The largest absolute Gasteiger partial charge is 0.389 e. The lowest BCUT2D eigenvalue weighted by molar-refractivity contribution is 0.0247. The molecule has 1 saturated carbocycles. The summed E-state index contributed by atoms with van der Waals surface area (Å²) < 4.78 is 0. The van der Waals surface area contributed by atoms with Gasteiger partial charge in [-0.3, -0.25) is 0 Å². The second-order valence-electron chi connectivity index (χ2n) is 5.66. The minimum Gasteiger partial charge on any atom is -0.389 e. The van der Waals surface area contributed by atoms with E-state index in [0.717, 1.165) is 31.8 Å². The fourth-order valence-electron chi connectivity index (χ4n) is 2.71. The van der Waals surface area contributed by atoms with Crippen LogP contribution in [0, 0.1) is 5.92 Å². The Kier molecular flexibility index (Phi) is 6.37. The van der Waals surface area contributed by atoms with Crippen molar-refractivity contribution in [3.63, 3.8) is 0 Å². The molecule has 1 aliphatic rings. The zero-order valence-electron chi connectivity index (χ0n) is 11.1. The monoisotopic (exact) mass is 227 g/mol. The summed E-state index contributed by atoms with van der Waals surface area (Å²) >= 11 is 0. The summed E-state index contributed by atoms with van der Waals surface area (Å²) in [6.45, 7) is 6.36. The highest BCUT2D eigenvalue weighted by molar-refractivity contribution is 4.83. The normalized spacial score (nSPS) is 22.7. The summed E-state index contributed by atoms with van der Waals surface area (Å²) in [7, 11) is 0. The lowest BCUT2D eigenvalue weighted by Gasteiger charge is -2.27. The molecule has 1 fully saturated rings. The lowest BCUT2D eigenvalue weighted by atomic mass is 9.94. The topological polar surface area (TPSA) is 32.3 Å². The van der Waals surface area contributed by atoms with Crippen molar-refractivity contribution in [1.29, 1.82) is 0 Å². The van der Waals surface area contributed by atoms with Gasteiger partial charge < -0.3 is 10.4 Å². The van der Waals surface area contributed by atoms with Gasteiger partial charge in [0.1, 0.15) is 0 Å². The van der Waals surface area contributed by atoms with Gasteiger partial charge in [0.25, 0.3) is 0 Å². The molecule has 0 saturated heterocycles. The minimum atomic E-state index is -0.414. The zero-order chi connectivity index (χ0) is 11.9. The van der Waals surface area contributed by atoms with Crippen LogP contribution in [-0.2, 0) is 0 Å². The highest BCUT2D eigenvalue weighted by Crippen LogP contribution is 2.26. The van der Waals surface area contributed by atoms with E-state index >= 15 is 0 Å². The van der Waals surface area contributed by atoms with E-state index in [-0.39, 0.29) is 0 Å². The second-order valence-corrected chi connectivity index (χ2v) is 5.66. The molecule has 1 unspecified atom stereocenters. The number of hydrogen-bond donors (Lipinski definition) is 2. The van der Waals surface area contributed by atoms with Crippen molar-refractivity contribution in [3.8, 4) is 0 Å². The van der Waals surface area contributed by atoms with Crippen molar-refractivity contribution in [1.82, 2.24) is 5.32 Å². The Morgan fingerprint density at radius 3 is 2.38 bits per heavy atom. The molecule has 0 bridgehead atoms.